The van der Waals surface area contributed by atoms with Gasteiger partial charge >= 0.3 is 6.09 Å². The third-order valence-corrected chi connectivity index (χ3v) is 10.8. The number of hydrogen-bond acceptors (Lipinski definition) is 12. The van der Waals surface area contributed by atoms with E-state index in [4.69, 9.17) is 14.2 Å². The molecule has 0 saturated carbocycles. The molecule has 0 unspecified atom stereocenters. The molecule has 53 heavy (non-hydrogen) atoms. The zero-order chi connectivity index (χ0) is 37.6. The van der Waals surface area contributed by atoms with Gasteiger partial charge in [-0.15, -0.1) is 0 Å². The van der Waals surface area contributed by atoms with E-state index in [0.29, 0.717) is 39.6 Å². The van der Waals surface area contributed by atoms with Crippen molar-refractivity contribution in [2.24, 2.45) is 0 Å². The van der Waals surface area contributed by atoms with Crippen molar-refractivity contribution in [1.82, 2.24) is 39.7 Å². The molecule has 2 aliphatic heterocycles. The fraction of sp³-hybridized carbons (Fsp3) is 0.541. The van der Waals surface area contributed by atoms with Gasteiger partial charge in [-0.3, -0.25) is 20.0 Å². The fourth-order valence-electron chi connectivity index (χ4n) is 6.42. The quantitative estimate of drug-likeness (QED) is 0.145. The summed E-state index contributed by atoms with van der Waals surface area (Å²) in [5.41, 5.74) is 3.03. The van der Waals surface area contributed by atoms with Crippen LogP contribution < -0.4 is 15.5 Å². The van der Waals surface area contributed by atoms with Crippen LogP contribution in [0.25, 0.3) is 22.3 Å². The zero-order valence-corrected chi connectivity index (χ0v) is 32.7. The molecule has 1 atom stereocenters. The van der Waals surface area contributed by atoms with E-state index >= 15 is 0 Å². The molecule has 0 spiro atoms. The Labute approximate surface area is 311 Å². The lowest BCUT2D eigenvalue weighted by atomic mass is 10.0. The second-order valence-electron chi connectivity index (χ2n) is 15.9. The van der Waals surface area contributed by atoms with Crippen molar-refractivity contribution >= 4 is 42.9 Å². The summed E-state index contributed by atoms with van der Waals surface area (Å²) in [6.45, 7) is 18.5. The standard InChI is InChI=1S/C37H52N10O5Si/c1-37(2,3)52-36(49)43-28-8-7-11-45(23-28)22-26-9-10-38-30(18-26)34(48)44-35-39-20-27(21-40-35)31-19-29-32(46-12-14-50-15-13-46)41-24-42-33(29)47(31)25-51-16-17-53(4,5)6/h9-10,18-21,24,28H,7-8,11-17,22-23,25H2,1-6H3,(H,43,49)(H,39,40,44,48)/t28-/m1/s1. The van der Waals surface area contributed by atoms with Crippen LogP contribution in [0.1, 0.15) is 49.7 Å². The predicted octanol–water partition coefficient (Wildman–Crippen LogP) is 5.17. The van der Waals surface area contributed by atoms with Gasteiger partial charge in [0, 0.05) is 71.1 Å². The van der Waals surface area contributed by atoms with Gasteiger partial charge in [0.25, 0.3) is 5.91 Å². The lowest BCUT2D eigenvalue weighted by molar-refractivity contribution is 0.0470. The average Bonchev–Trinajstić information content (AvgIpc) is 3.48. The smallest absolute Gasteiger partial charge is 0.407 e. The number of anilines is 2. The number of fused-ring (bicyclic) bond motifs is 1. The normalized spacial score (nSPS) is 17.2. The van der Waals surface area contributed by atoms with Crippen molar-refractivity contribution < 1.29 is 23.8 Å². The lowest BCUT2D eigenvalue weighted by Crippen LogP contribution is -2.48. The molecule has 6 heterocycles. The van der Waals surface area contributed by atoms with Gasteiger partial charge in [0.15, 0.2) is 0 Å². The number of aromatic nitrogens is 6. The summed E-state index contributed by atoms with van der Waals surface area (Å²) in [6, 6.07) is 6.79. The Morgan fingerprint density at radius 1 is 1.02 bits per heavy atom. The number of rotatable bonds is 12. The number of morpholine rings is 1. The van der Waals surface area contributed by atoms with Crippen molar-refractivity contribution in [3.63, 3.8) is 0 Å². The van der Waals surface area contributed by atoms with Gasteiger partial charge in [0.2, 0.25) is 5.95 Å². The summed E-state index contributed by atoms with van der Waals surface area (Å²) in [5.74, 6) is 0.622. The molecule has 0 aliphatic carbocycles. The first-order valence-electron chi connectivity index (χ1n) is 18.4. The number of pyridine rings is 1. The fourth-order valence-corrected chi connectivity index (χ4v) is 7.17. The second kappa shape index (κ2) is 16.7. The maximum atomic E-state index is 13.3. The van der Waals surface area contributed by atoms with E-state index in [1.165, 1.54) is 0 Å². The first-order chi connectivity index (χ1) is 25.3. The maximum Gasteiger partial charge on any atom is 0.407 e. The third kappa shape index (κ3) is 10.6. The largest absolute Gasteiger partial charge is 0.444 e. The number of nitrogens with zero attached hydrogens (tertiary/aromatic N) is 8. The molecule has 16 heteroatoms. The van der Waals surface area contributed by atoms with Gasteiger partial charge in [0.1, 0.15) is 35.8 Å². The highest BCUT2D eigenvalue weighted by Crippen LogP contribution is 2.32. The van der Waals surface area contributed by atoms with Crippen LogP contribution in [0.4, 0.5) is 16.6 Å². The molecule has 6 rings (SSSR count). The number of ether oxygens (including phenoxy) is 3. The topological polar surface area (TPSA) is 162 Å². The maximum absolute atomic E-state index is 13.3. The van der Waals surface area contributed by atoms with E-state index in [9.17, 15) is 9.59 Å². The van der Waals surface area contributed by atoms with Crippen molar-refractivity contribution in [3.05, 3.63) is 54.4 Å². The van der Waals surface area contributed by atoms with Gasteiger partial charge in [-0.25, -0.2) is 24.7 Å². The average molecular weight is 745 g/mol. The SMILES string of the molecule is CC(C)(C)OC(=O)N[C@@H]1CCCN(Cc2ccnc(C(=O)Nc3ncc(-c4cc5c(N6CCOCC6)ncnc5n4COCC[Si](C)(C)C)cn3)c2)C1. The predicted molar refractivity (Wildman–Crippen MR) is 206 cm³/mol. The third-order valence-electron chi connectivity index (χ3n) is 9.06. The second-order valence-corrected chi connectivity index (χ2v) is 21.5. The number of piperidine rings is 1. The van der Waals surface area contributed by atoms with Crippen molar-refractivity contribution in [2.75, 3.05) is 56.2 Å². The number of alkyl carbamates (subject to hydrolysis) is 1. The molecule has 0 bridgehead atoms. The highest BCUT2D eigenvalue weighted by atomic mass is 28.3. The van der Waals surface area contributed by atoms with Gasteiger partial charge in [-0.05, 0) is 70.0 Å². The van der Waals surface area contributed by atoms with Gasteiger partial charge in [-0.1, -0.05) is 19.6 Å². The summed E-state index contributed by atoms with van der Waals surface area (Å²) in [7, 11) is -1.27. The van der Waals surface area contributed by atoms with Gasteiger partial charge < -0.3 is 29.0 Å². The van der Waals surface area contributed by atoms with Crippen molar-refractivity contribution in [3.8, 4) is 11.3 Å². The van der Waals surface area contributed by atoms with Gasteiger partial charge in [0.05, 0.1) is 24.3 Å². The Morgan fingerprint density at radius 3 is 2.53 bits per heavy atom. The number of amides is 2. The minimum Gasteiger partial charge on any atom is -0.444 e. The molecular weight excluding hydrogens is 693 g/mol. The number of nitrogens with one attached hydrogen (secondary N) is 2. The Balaban J connectivity index is 1.13. The van der Waals surface area contributed by atoms with Crippen molar-refractivity contribution in [1.29, 1.82) is 0 Å². The van der Waals surface area contributed by atoms with E-state index in [1.807, 2.05) is 31.4 Å². The first-order valence-corrected chi connectivity index (χ1v) is 22.1. The Morgan fingerprint density at radius 2 is 1.79 bits per heavy atom. The summed E-state index contributed by atoms with van der Waals surface area (Å²) < 4.78 is 19.3. The van der Waals surface area contributed by atoms with Crippen LogP contribution in [0, 0.1) is 0 Å². The summed E-state index contributed by atoms with van der Waals surface area (Å²) in [5, 5.41) is 6.71. The molecule has 15 nitrogen and oxygen atoms in total. The molecule has 2 fully saturated rings. The number of hydrogen-bond donors (Lipinski definition) is 2. The summed E-state index contributed by atoms with van der Waals surface area (Å²) in [6.07, 6.45) is 8.04. The molecule has 2 amide bonds. The monoisotopic (exact) mass is 744 g/mol. The van der Waals surface area contributed by atoms with Crippen LogP contribution in [0.15, 0.2) is 43.1 Å². The Hall–Kier alpha value is -4.51. The summed E-state index contributed by atoms with van der Waals surface area (Å²) >= 11 is 0. The van der Waals surface area contributed by atoms with Crippen LogP contribution in [0.3, 0.4) is 0 Å². The first kappa shape index (κ1) is 38.2. The number of carbonyl (C=O) groups is 2. The van der Waals surface area contributed by atoms with Crippen LogP contribution in [0.5, 0.6) is 0 Å². The molecule has 0 aromatic carbocycles. The molecule has 4 aromatic heterocycles. The van der Waals surface area contributed by atoms with Crippen LogP contribution in [-0.4, -0.2) is 112 Å². The van der Waals surface area contributed by atoms with Crippen molar-refractivity contribution in [2.45, 2.75) is 84.2 Å². The minimum absolute atomic E-state index is 0.00758. The van der Waals surface area contributed by atoms with E-state index in [1.54, 1.807) is 31.0 Å². The minimum atomic E-state index is -1.27. The molecule has 4 aromatic rings. The molecule has 2 N–H and O–H groups in total. The molecule has 284 valence electrons. The summed E-state index contributed by atoms with van der Waals surface area (Å²) in [4.78, 5) is 52.7. The molecular formula is C37H52N10O5Si. The van der Waals surface area contributed by atoms with E-state index in [0.717, 1.165) is 72.2 Å². The van der Waals surface area contributed by atoms with Crippen LogP contribution in [-0.2, 0) is 27.5 Å². The van der Waals surface area contributed by atoms with Crippen LogP contribution in [0.2, 0.25) is 25.7 Å². The highest BCUT2D eigenvalue weighted by Gasteiger charge is 2.25. The van der Waals surface area contributed by atoms with E-state index in [2.05, 4.69) is 71.1 Å². The lowest BCUT2D eigenvalue weighted by Gasteiger charge is -2.33. The van der Waals surface area contributed by atoms with Crippen LogP contribution >= 0.6 is 0 Å². The Bertz CT molecular complexity index is 1870. The molecule has 0 radical (unpaired) electrons. The van der Waals surface area contributed by atoms with E-state index in [-0.39, 0.29) is 17.7 Å². The zero-order valence-electron chi connectivity index (χ0n) is 31.7. The highest BCUT2D eigenvalue weighted by molar-refractivity contribution is 6.76. The number of likely N-dealkylation sites (tertiary alicyclic amines) is 1. The number of carbonyl (C=O) groups excluding carboxylic acids is 2. The molecule has 2 saturated heterocycles. The molecule has 2 aliphatic rings. The Kier molecular flexibility index (Phi) is 12.0. The van der Waals surface area contributed by atoms with E-state index < -0.39 is 25.7 Å². The van der Waals surface area contributed by atoms with Gasteiger partial charge in [-0.2, -0.15) is 0 Å².